The number of unbranched alkanes of at least 4 members (excludes halogenated alkanes) is 2. The standard InChI is InChI=1S/C11H20O/c1-3-4-5-8-11-9-6-7-10(2)12-11/h11H,2-9H2,1H3/t11-/m1/s1. The van der Waals surface area contributed by atoms with Gasteiger partial charge in [0.25, 0.3) is 0 Å². The zero-order valence-electron chi connectivity index (χ0n) is 8.14. The molecule has 0 aromatic rings. The second kappa shape index (κ2) is 5.23. The van der Waals surface area contributed by atoms with Crippen molar-refractivity contribution in [2.45, 2.75) is 58.0 Å². The summed E-state index contributed by atoms with van der Waals surface area (Å²) >= 11 is 0. The maximum Gasteiger partial charge on any atom is 0.0982 e. The first kappa shape index (κ1) is 9.63. The average Bonchev–Trinajstić information content (AvgIpc) is 2.05. The molecular weight excluding hydrogens is 148 g/mol. The van der Waals surface area contributed by atoms with Crippen molar-refractivity contribution in [1.82, 2.24) is 0 Å². The van der Waals surface area contributed by atoms with Crippen LogP contribution in [0.4, 0.5) is 0 Å². The van der Waals surface area contributed by atoms with Crippen LogP contribution in [0, 0.1) is 0 Å². The third-order valence-electron chi connectivity index (χ3n) is 2.44. The zero-order chi connectivity index (χ0) is 8.81. The van der Waals surface area contributed by atoms with Gasteiger partial charge in [0, 0.05) is 6.42 Å². The second-order valence-electron chi connectivity index (χ2n) is 3.67. The largest absolute Gasteiger partial charge is 0.495 e. The van der Waals surface area contributed by atoms with E-state index in [1.807, 2.05) is 0 Å². The van der Waals surface area contributed by atoms with Crippen LogP contribution in [0.2, 0.25) is 0 Å². The van der Waals surface area contributed by atoms with Crippen LogP contribution in [-0.4, -0.2) is 6.10 Å². The predicted octanol–water partition coefficient (Wildman–Crippen LogP) is 3.65. The van der Waals surface area contributed by atoms with Gasteiger partial charge in [0.05, 0.1) is 11.9 Å². The van der Waals surface area contributed by atoms with Gasteiger partial charge >= 0.3 is 0 Å². The fourth-order valence-electron chi connectivity index (χ4n) is 1.71. The molecule has 1 fully saturated rings. The van der Waals surface area contributed by atoms with Crippen molar-refractivity contribution in [3.63, 3.8) is 0 Å². The van der Waals surface area contributed by atoms with Gasteiger partial charge < -0.3 is 4.74 Å². The molecule has 1 aliphatic heterocycles. The van der Waals surface area contributed by atoms with Gasteiger partial charge in [-0.2, -0.15) is 0 Å². The molecule has 0 amide bonds. The van der Waals surface area contributed by atoms with Gasteiger partial charge in [-0.05, 0) is 25.7 Å². The summed E-state index contributed by atoms with van der Waals surface area (Å²) in [4.78, 5) is 0. The van der Waals surface area contributed by atoms with Crippen molar-refractivity contribution in [3.8, 4) is 0 Å². The molecule has 0 unspecified atom stereocenters. The highest BCUT2D eigenvalue weighted by molar-refractivity contribution is 4.88. The molecule has 12 heavy (non-hydrogen) atoms. The number of ether oxygens (including phenoxy) is 1. The van der Waals surface area contributed by atoms with E-state index in [1.54, 1.807) is 0 Å². The smallest absolute Gasteiger partial charge is 0.0982 e. The van der Waals surface area contributed by atoms with E-state index in [0.717, 1.165) is 12.2 Å². The summed E-state index contributed by atoms with van der Waals surface area (Å²) in [7, 11) is 0. The molecule has 0 radical (unpaired) electrons. The zero-order valence-corrected chi connectivity index (χ0v) is 8.14. The van der Waals surface area contributed by atoms with E-state index < -0.39 is 0 Å². The quantitative estimate of drug-likeness (QED) is 0.582. The average molecular weight is 168 g/mol. The van der Waals surface area contributed by atoms with E-state index in [2.05, 4.69) is 13.5 Å². The van der Waals surface area contributed by atoms with Gasteiger partial charge in [-0.25, -0.2) is 0 Å². The van der Waals surface area contributed by atoms with Crippen LogP contribution in [0.1, 0.15) is 51.9 Å². The second-order valence-corrected chi connectivity index (χ2v) is 3.67. The van der Waals surface area contributed by atoms with Crippen molar-refractivity contribution in [2.24, 2.45) is 0 Å². The van der Waals surface area contributed by atoms with Crippen molar-refractivity contribution in [3.05, 3.63) is 12.3 Å². The molecule has 0 spiro atoms. The van der Waals surface area contributed by atoms with E-state index in [-0.39, 0.29) is 0 Å². The van der Waals surface area contributed by atoms with Gasteiger partial charge in [0.1, 0.15) is 0 Å². The molecule has 1 nitrogen and oxygen atoms in total. The Morgan fingerprint density at radius 1 is 1.50 bits per heavy atom. The Morgan fingerprint density at radius 2 is 2.33 bits per heavy atom. The van der Waals surface area contributed by atoms with Crippen LogP contribution in [-0.2, 0) is 4.74 Å². The molecule has 0 saturated carbocycles. The van der Waals surface area contributed by atoms with Crippen molar-refractivity contribution < 1.29 is 4.74 Å². The Balaban J connectivity index is 2.10. The van der Waals surface area contributed by atoms with Gasteiger partial charge in [-0.15, -0.1) is 0 Å². The summed E-state index contributed by atoms with van der Waals surface area (Å²) in [6.45, 7) is 6.11. The SMILES string of the molecule is C=C1CCC[C@@H](CCCCC)O1. The van der Waals surface area contributed by atoms with E-state index in [1.165, 1.54) is 38.5 Å². The Kier molecular flexibility index (Phi) is 4.20. The first-order chi connectivity index (χ1) is 5.83. The maximum atomic E-state index is 5.64. The van der Waals surface area contributed by atoms with Gasteiger partial charge in [-0.1, -0.05) is 26.3 Å². The van der Waals surface area contributed by atoms with Crippen molar-refractivity contribution >= 4 is 0 Å². The number of rotatable bonds is 4. The highest BCUT2D eigenvalue weighted by Gasteiger charge is 2.15. The lowest BCUT2D eigenvalue weighted by atomic mass is 10.0. The molecule has 0 N–H and O–H groups in total. The Bertz CT molecular complexity index is 140. The topological polar surface area (TPSA) is 9.23 Å². The molecule has 0 aromatic heterocycles. The molecule has 0 aliphatic carbocycles. The van der Waals surface area contributed by atoms with Gasteiger partial charge in [0.15, 0.2) is 0 Å². The summed E-state index contributed by atoms with van der Waals surface area (Å²) in [5.41, 5.74) is 0. The maximum absolute atomic E-state index is 5.64. The lowest BCUT2D eigenvalue weighted by Crippen LogP contribution is -2.16. The summed E-state index contributed by atoms with van der Waals surface area (Å²) in [6, 6.07) is 0. The molecular formula is C11H20O. The van der Waals surface area contributed by atoms with Crippen LogP contribution in [0.15, 0.2) is 12.3 Å². The minimum absolute atomic E-state index is 0.484. The molecule has 1 heteroatoms. The summed E-state index contributed by atoms with van der Waals surface area (Å²) in [5.74, 6) is 1.00. The minimum Gasteiger partial charge on any atom is -0.495 e. The molecule has 0 bridgehead atoms. The number of allylic oxidation sites excluding steroid dienone is 1. The first-order valence-electron chi connectivity index (χ1n) is 5.17. The Morgan fingerprint density at radius 3 is 3.00 bits per heavy atom. The lowest BCUT2D eigenvalue weighted by Gasteiger charge is -2.25. The van der Waals surface area contributed by atoms with Gasteiger partial charge in [-0.3, -0.25) is 0 Å². The fraction of sp³-hybridized carbons (Fsp3) is 0.818. The van der Waals surface area contributed by atoms with Crippen LogP contribution >= 0.6 is 0 Å². The van der Waals surface area contributed by atoms with Gasteiger partial charge in [0.2, 0.25) is 0 Å². The van der Waals surface area contributed by atoms with Crippen molar-refractivity contribution in [1.29, 1.82) is 0 Å². The number of hydrogen-bond donors (Lipinski definition) is 0. The van der Waals surface area contributed by atoms with Crippen molar-refractivity contribution in [2.75, 3.05) is 0 Å². The highest BCUT2D eigenvalue weighted by Crippen LogP contribution is 2.23. The lowest BCUT2D eigenvalue weighted by molar-refractivity contribution is 0.0660. The highest BCUT2D eigenvalue weighted by atomic mass is 16.5. The Hall–Kier alpha value is -0.460. The van der Waals surface area contributed by atoms with E-state index in [0.29, 0.717) is 6.10 Å². The van der Waals surface area contributed by atoms with Crippen LogP contribution in [0.25, 0.3) is 0 Å². The van der Waals surface area contributed by atoms with E-state index >= 15 is 0 Å². The third kappa shape index (κ3) is 3.29. The molecule has 70 valence electrons. The van der Waals surface area contributed by atoms with Crippen LogP contribution in [0.5, 0.6) is 0 Å². The van der Waals surface area contributed by atoms with Crippen LogP contribution in [0.3, 0.4) is 0 Å². The third-order valence-corrected chi connectivity index (χ3v) is 2.44. The van der Waals surface area contributed by atoms with E-state index in [9.17, 15) is 0 Å². The molecule has 1 rings (SSSR count). The van der Waals surface area contributed by atoms with Crippen LogP contribution < -0.4 is 0 Å². The predicted molar refractivity (Wildman–Crippen MR) is 52.0 cm³/mol. The molecule has 1 saturated heterocycles. The molecule has 1 heterocycles. The monoisotopic (exact) mass is 168 g/mol. The van der Waals surface area contributed by atoms with E-state index in [4.69, 9.17) is 4.74 Å². The Labute approximate surface area is 75.8 Å². The molecule has 1 atom stereocenters. The fourth-order valence-corrected chi connectivity index (χ4v) is 1.71. The first-order valence-corrected chi connectivity index (χ1v) is 5.17. The minimum atomic E-state index is 0.484. The summed E-state index contributed by atoms with van der Waals surface area (Å²) < 4.78 is 5.64. The normalized spacial score (nSPS) is 23.8. The number of hydrogen-bond acceptors (Lipinski definition) is 1. The molecule has 1 aliphatic rings. The molecule has 0 aromatic carbocycles. The summed E-state index contributed by atoms with van der Waals surface area (Å²) in [6.07, 6.45) is 9.25. The summed E-state index contributed by atoms with van der Waals surface area (Å²) in [5, 5.41) is 0.